The highest BCUT2D eigenvalue weighted by Crippen LogP contribution is 2.22. The van der Waals surface area contributed by atoms with Crippen LogP contribution in [0.1, 0.15) is 32.2 Å². The summed E-state index contributed by atoms with van der Waals surface area (Å²) in [6, 6.07) is 6.13. The number of aromatic nitrogens is 2. The van der Waals surface area contributed by atoms with E-state index in [2.05, 4.69) is 49.3 Å². The summed E-state index contributed by atoms with van der Waals surface area (Å²) in [5, 5.41) is 0. The second-order valence-electron chi connectivity index (χ2n) is 5.31. The van der Waals surface area contributed by atoms with Gasteiger partial charge in [0, 0.05) is 11.9 Å². The fourth-order valence-electron chi connectivity index (χ4n) is 1.84. The smallest absolute Gasteiger partial charge is 0.137 e. The molecule has 0 N–H and O–H groups in total. The molecule has 2 aromatic heterocycles. The molecule has 0 spiro atoms. The second-order valence-corrected chi connectivity index (χ2v) is 5.31. The lowest BCUT2D eigenvalue weighted by atomic mass is 9.90. The fraction of sp³-hybridized carbons (Fsp3) is 0.462. The number of nitrogens with zero attached hydrogens (tertiary/aromatic N) is 2. The van der Waals surface area contributed by atoms with Crippen molar-refractivity contribution in [3.8, 4) is 0 Å². The van der Waals surface area contributed by atoms with E-state index in [1.54, 1.807) is 0 Å². The number of fused-ring (bicyclic) bond motifs is 1. The lowest BCUT2D eigenvalue weighted by molar-refractivity contribution is 0.406. The molecule has 80 valence electrons. The molecule has 0 bridgehead atoms. The van der Waals surface area contributed by atoms with Gasteiger partial charge in [-0.05, 0) is 30.9 Å². The molecule has 2 rings (SSSR count). The largest absolute Gasteiger partial charge is 0.304 e. The molecule has 0 unspecified atom stereocenters. The van der Waals surface area contributed by atoms with Crippen molar-refractivity contribution < 1.29 is 0 Å². The molecule has 0 atom stereocenters. The molecule has 0 aromatic carbocycles. The number of imidazole rings is 1. The van der Waals surface area contributed by atoms with Gasteiger partial charge in [-0.25, -0.2) is 4.98 Å². The summed E-state index contributed by atoms with van der Waals surface area (Å²) >= 11 is 0. The third kappa shape index (κ3) is 2.04. The first kappa shape index (κ1) is 10.2. The molecule has 2 heterocycles. The average molecular weight is 202 g/mol. The van der Waals surface area contributed by atoms with Crippen LogP contribution in [0.2, 0.25) is 0 Å². The zero-order valence-electron chi connectivity index (χ0n) is 9.91. The Bertz CT molecular complexity index is 475. The van der Waals surface area contributed by atoms with E-state index < -0.39 is 0 Å². The van der Waals surface area contributed by atoms with Gasteiger partial charge in [-0.3, -0.25) is 0 Å². The third-order valence-electron chi connectivity index (χ3n) is 2.56. The van der Waals surface area contributed by atoms with Crippen LogP contribution >= 0.6 is 0 Å². The predicted octanol–water partition coefficient (Wildman–Crippen LogP) is 3.23. The van der Waals surface area contributed by atoms with Gasteiger partial charge in [0.25, 0.3) is 0 Å². The minimum atomic E-state index is 0.294. The zero-order valence-corrected chi connectivity index (χ0v) is 9.91. The Labute approximate surface area is 91.0 Å². The monoisotopic (exact) mass is 202 g/mol. The van der Waals surface area contributed by atoms with Crippen LogP contribution < -0.4 is 0 Å². The van der Waals surface area contributed by atoms with Gasteiger partial charge in [0.1, 0.15) is 5.65 Å². The van der Waals surface area contributed by atoms with Gasteiger partial charge in [0.05, 0.1) is 5.69 Å². The Morgan fingerprint density at radius 3 is 2.60 bits per heavy atom. The first-order valence-electron chi connectivity index (χ1n) is 5.40. The Morgan fingerprint density at radius 1 is 1.27 bits per heavy atom. The Hall–Kier alpha value is -1.31. The van der Waals surface area contributed by atoms with Crippen LogP contribution in [-0.2, 0) is 6.42 Å². The molecule has 0 radical (unpaired) electrons. The van der Waals surface area contributed by atoms with Gasteiger partial charge in [-0.15, -0.1) is 0 Å². The molecule has 0 saturated carbocycles. The van der Waals surface area contributed by atoms with Gasteiger partial charge < -0.3 is 4.40 Å². The SMILES string of the molecule is Cc1c(CC(C)(C)C)nc2ccccn12. The van der Waals surface area contributed by atoms with E-state index in [1.165, 1.54) is 11.4 Å². The molecule has 2 nitrogen and oxygen atoms in total. The van der Waals surface area contributed by atoms with Crippen LogP contribution in [0.4, 0.5) is 0 Å². The highest BCUT2D eigenvalue weighted by Gasteiger charge is 2.16. The normalized spacial score (nSPS) is 12.3. The molecule has 0 fully saturated rings. The summed E-state index contributed by atoms with van der Waals surface area (Å²) in [6.45, 7) is 8.88. The van der Waals surface area contributed by atoms with E-state index in [1.807, 2.05) is 12.1 Å². The predicted molar refractivity (Wildman–Crippen MR) is 63.1 cm³/mol. The minimum absolute atomic E-state index is 0.294. The third-order valence-corrected chi connectivity index (χ3v) is 2.56. The van der Waals surface area contributed by atoms with E-state index in [0.29, 0.717) is 5.41 Å². The first-order valence-corrected chi connectivity index (χ1v) is 5.40. The molecule has 0 amide bonds. The fourth-order valence-corrected chi connectivity index (χ4v) is 1.84. The maximum absolute atomic E-state index is 4.66. The topological polar surface area (TPSA) is 17.3 Å². The summed E-state index contributed by atoms with van der Waals surface area (Å²) in [4.78, 5) is 4.66. The van der Waals surface area contributed by atoms with Crippen molar-refractivity contribution in [2.45, 2.75) is 34.1 Å². The van der Waals surface area contributed by atoms with Crippen LogP contribution in [-0.4, -0.2) is 9.38 Å². The lowest BCUT2D eigenvalue weighted by Gasteiger charge is -2.16. The molecular weight excluding hydrogens is 184 g/mol. The second kappa shape index (κ2) is 3.37. The van der Waals surface area contributed by atoms with Crippen LogP contribution in [0.5, 0.6) is 0 Å². The molecule has 2 heteroatoms. The Balaban J connectivity index is 2.49. The van der Waals surface area contributed by atoms with Crippen LogP contribution in [0, 0.1) is 12.3 Å². The average Bonchev–Trinajstić information content (AvgIpc) is 2.42. The van der Waals surface area contributed by atoms with Gasteiger partial charge in [0.15, 0.2) is 0 Å². The zero-order chi connectivity index (χ0) is 11.1. The maximum Gasteiger partial charge on any atom is 0.137 e. The van der Waals surface area contributed by atoms with E-state index in [9.17, 15) is 0 Å². The molecule has 0 aliphatic heterocycles. The van der Waals surface area contributed by atoms with E-state index >= 15 is 0 Å². The highest BCUT2D eigenvalue weighted by atomic mass is 15.0. The number of aryl methyl sites for hydroxylation is 1. The summed E-state index contributed by atoms with van der Waals surface area (Å²) in [5.74, 6) is 0. The van der Waals surface area contributed by atoms with Crippen molar-refractivity contribution in [1.29, 1.82) is 0 Å². The lowest BCUT2D eigenvalue weighted by Crippen LogP contribution is -2.10. The summed E-state index contributed by atoms with van der Waals surface area (Å²) in [5.41, 5.74) is 3.83. The van der Waals surface area contributed by atoms with Crippen LogP contribution in [0.25, 0.3) is 5.65 Å². The summed E-state index contributed by atoms with van der Waals surface area (Å²) in [6.07, 6.45) is 3.10. The van der Waals surface area contributed by atoms with Crippen molar-refractivity contribution in [1.82, 2.24) is 9.38 Å². The minimum Gasteiger partial charge on any atom is -0.304 e. The van der Waals surface area contributed by atoms with Crippen LogP contribution in [0.3, 0.4) is 0 Å². The van der Waals surface area contributed by atoms with Crippen molar-refractivity contribution in [2.24, 2.45) is 5.41 Å². The number of hydrogen-bond donors (Lipinski definition) is 0. The van der Waals surface area contributed by atoms with Gasteiger partial charge in [-0.2, -0.15) is 0 Å². The standard InChI is InChI=1S/C13H18N2/c1-10-11(9-13(2,3)4)14-12-7-5-6-8-15(10)12/h5-8H,9H2,1-4H3. The molecule has 0 saturated heterocycles. The molecule has 0 aliphatic carbocycles. The van der Waals surface area contributed by atoms with Gasteiger partial charge in [0.2, 0.25) is 0 Å². The molecule has 2 aromatic rings. The Kier molecular flexibility index (Phi) is 2.29. The van der Waals surface area contributed by atoms with Crippen molar-refractivity contribution in [2.75, 3.05) is 0 Å². The van der Waals surface area contributed by atoms with Gasteiger partial charge in [-0.1, -0.05) is 26.8 Å². The summed E-state index contributed by atoms with van der Waals surface area (Å²) in [7, 11) is 0. The number of rotatable bonds is 1. The summed E-state index contributed by atoms with van der Waals surface area (Å²) < 4.78 is 2.15. The molecular formula is C13H18N2. The van der Waals surface area contributed by atoms with E-state index in [-0.39, 0.29) is 0 Å². The Morgan fingerprint density at radius 2 is 2.00 bits per heavy atom. The molecule has 15 heavy (non-hydrogen) atoms. The van der Waals surface area contributed by atoms with E-state index in [4.69, 9.17) is 0 Å². The van der Waals surface area contributed by atoms with Crippen molar-refractivity contribution >= 4 is 5.65 Å². The van der Waals surface area contributed by atoms with E-state index in [0.717, 1.165) is 12.1 Å². The quantitative estimate of drug-likeness (QED) is 0.694. The highest BCUT2D eigenvalue weighted by molar-refractivity contribution is 5.42. The number of pyridine rings is 1. The number of hydrogen-bond acceptors (Lipinski definition) is 1. The van der Waals surface area contributed by atoms with Crippen molar-refractivity contribution in [3.63, 3.8) is 0 Å². The maximum atomic E-state index is 4.66. The van der Waals surface area contributed by atoms with Gasteiger partial charge >= 0.3 is 0 Å². The van der Waals surface area contributed by atoms with Crippen LogP contribution in [0.15, 0.2) is 24.4 Å². The van der Waals surface area contributed by atoms with Crippen molar-refractivity contribution in [3.05, 3.63) is 35.8 Å². The molecule has 0 aliphatic rings. The first-order chi connectivity index (χ1) is 6.97.